The Morgan fingerprint density at radius 1 is 1.40 bits per heavy atom. The van der Waals surface area contributed by atoms with Crippen LogP contribution in [0.25, 0.3) is 0 Å². The molecule has 5 heteroatoms. The van der Waals surface area contributed by atoms with E-state index in [1.54, 1.807) is 0 Å². The van der Waals surface area contributed by atoms with Crippen molar-refractivity contribution < 1.29 is 0 Å². The Labute approximate surface area is 90.2 Å². The molecule has 1 atom stereocenters. The summed E-state index contributed by atoms with van der Waals surface area (Å²) in [5.74, 6) is 1.62. The maximum Gasteiger partial charge on any atom is 0.168 e. The van der Waals surface area contributed by atoms with Gasteiger partial charge in [0.15, 0.2) is 5.82 Å². The number of hydrogen-bond acceptors (Lipinski definition) is 4. The average molecular weight is 209 g/mol. The van der Waals surface area contributed by atoms with E-state index in [0.717, 1.165) is 12.4 Å². The summed E-state index contributed by atoms with van der Waals surface area (Å²) in [6.07, 6.45) is 2.43. The summed E-state index contributed by atoms with van der Waals surface area (Å²) in [5, 5.41) is 15.3. The molecule has 1 aliphatic rings. The van der Waals surface area contributed by atoms with Gasteiger partial charge >= 0.3 is 0 Å². The van der Waals surface area contributed by atoms with Crippen LogP contribution in [0.1, 0.15) is 51.5 Å². The second kappa shape index (κ2) is 4.26. The summed E-state index contributed by atoms with van der Waals surface area (Å²) in [7, 11) is 0. The first-order valence-electron chi connectivity index (χ1n) is 5.69. The first kappa shape index (κ1) is 10.5. The first-order valence-corrected chi connectivity index (χ1v) is 5.69. The quantitative estimate of drug-likeness (QED) is 0.794. The summed E-state index contributed by atoms with van der Waals surface area (Å²) in [4.78, 5) is 0. The minimum Gasteiger partial charge on any atom is -0.307 e. The van der Waals surface area contributed by atoms with Gasteiger partial charge in [-0.1, -0.05) is 13.8 Å². The molecule has 1 aliphatic carbocycles. The number of tetrazole rings is 1. The maximum atomic E-state index is 4.09. The third kappa shape index (κ3) is 2.53. The highest BCUT2D eigenvalue weighted by atomic mass is 15.6. The van der Waals surface area contributed by atoms with Crippen LogP contribution in [0.3, 0.4) is 0 Å². The average Bonchev–Trinajstić information content (AvgIpc) is 2.93. The normalized spacial score (nSPS) is 18.4. The van der Waals surface area contributed by atoms with Gasteiger partial charge in [0.25, 0.3) is 0 Å². The highest BCUT2D eigenvalue weighted by Crippen LogP contribution is 2.35. The molecule has 1 saturated carbocycles. The highest BCUT2D eigenvalue weighted by molar-refractivity contribution is 4.95. The van der Waals surface area contributed by atoms with Gasteiger partial charge < -0.3 is 5.32 Å². The van der Waals surface area contributed by atoms with E-state index in [2.05, 4.69) is 41.6 Å². The lowest BCUT2D eigenvalue weighted by Gasteiger charge is -2.14. The summed E-state index contributed by atoms with van der Waals surface area (Å²) in [6.45, 7) is 7.51. The molecular weight excluding hydrogens is 190 g/mol. The molecule has 0 spiro atoms. The second-order valence-corrected chi connectivity index (χ2v) is 4.74. The smallest absolute Gasteiger partial charge is 0.168 e. The van der Waals surface area contributed by atoms with Gasteiger partial charge in [-0.15, -0.1) is 5.10 Å². The second-order valence-electron chi connectivity index (χ2n) is 4.74. The fourth-order valence-electron chi connectivity index (χ4n) is 1.57. The molecule has 0 saturated heterocycles. The summed E-state index contributed by atoms with van der Waals surface area (Å²) in [5.41, 5.74) is 0. The van der Waals surface area contributed by atoms with Crippen LogP contribution >= 0.6 is 0 Å². The van der Waals surface area contributed by atoms with Gasteiger partial charge in [0.1, 0.15) is 0 Å². The zero-order chi connectivity index (χ0) is 10.8. The van der Waals surface area contributed by atoms with Crippen LogP contribution in [-0.4, -0.2) is 26.8 Å². The van der Waals surface area contributed by atoms with Crippen LogP contribution in [0.15, 0.2) is 0 Å². The van der Waals surface area contributed by atoms with Crippen LogP contribution in [0.4, 0.5) is 0 Å². The van der Waals surface area contributed by atoms with Crippen molar-refractivity contribution in [3.05, 3.63) is 5.82 Å². The zero-order valence-corrected chi connectivity index (χ0v) is 9.64. The molecule has 1 heterocycles. The van der Waals surface area contributed by atoms with E-state index in [0.29, 0.717) is 12.0 Å². The van der Waals surface area contributed by atoms with Gasteiger partial charge in [0.05, 0.1) is 12.1 Å². The summed E-state index contributed by atoms with van der Waals surface area (Å²) in [6, 6.07) is 0.793. The Bertz CT molecular complexity index is 315. The Balaban J connectivity index is 1.98. The van der Waals surface area contributed by atoms with Crippen molar-refractivity contribution >= 4 is 0 Å². The fourth-order valence-corrected chi connectivity index (χ4v) is 1.57. The lowest BCUT2D eigenvalue weighted by Crippen LogP contribution is -2.25. The first-order chi connectivity index (χ1) is 7.18. The third-order valence-corrected chi connectivity index (χ3v) is 2.63. The topological polar surface area (TPSA) is 55.6 Å². The molecule has 84 valence electrons. The summed E-state index contributed by atoms with van der Waals surface area (Å²) >= 11 is 0. The predicted octanol–water partition coefficient (Wildman–Crippen LogP) is 1.31. The van der Waals surface area contributed by atoms with E-state index in [1.807, 2.05) is 4.68 Å². The molecule has 1 aromatic rings. The third-order valence-electron chi connectivity index (χ3n) is 2.63. The Hall–Kier alpha value is -0.970. The molecule has 1 aromatic heterocycles. The molecule has 0 aromatic carbocycles. The lowest BCUT2D eigenvalue weighted by atomic mass is 10.2. The zero-order valence-electron chi connectivity index (χ0n) is 9.64. The molecule has 0 aliphatic heterocycles. The molecule has 1 fully saturated rings. The molecule has 1 unspecified atom stereocenters. The fraction of sp³-hybridized carbons (Fsp3) is 0.900. The Morgan fingerprint density at radius 2 is 2.13 bits per heavy atom. The van der Waals surface area contributed by atoms with Crippen molar-refractivity contribution in [1.29, 1.82) is 0 Å². The number of rotatable bonds is 5. The van der Waals surface area contributed by atoms with Gasteiger partial charge in [0, 0.05) is 0 Å². The molecule has 0 radical (unpaired) electrons. The van der Waals surface area contributed by atoms with Crippen LogP contribution in [0.2, 0.25) is 0 Å². The van der Waals surface area contributed by atoms with Crippen LogP contribution in [-0.2, 0) is 0 Å². The minimum atomic E-state index is 0.239. The molecule has 0 bridgehead atoms. The lowest BCUT2D eigenvalue weighted by molar-refractivity contribution is 0.455. The number of nitrogens with zero attached hydrogens (tertiary/aromatic N) is 4. The van der Waals surface area contributed by atoms with Crippen molar-refractivity contribution in [2.45, 2.75) is 45.7 Å². The Kier molecular flexibility index (Phi) is 3.00. The van der Waals surface area contributed by atoms with Crippen molar-refractivity contribution in [2.75, 3.05) is 6.54 Å². The van der Waals surface area contributed by atoms with Gasteiger partial charge in [0.2, 0.25) is 0 Å². The number of aromatic nitrogens is 4. The van der Waals surface area contributed by atoms with Crippen molar-refractivity contribution in [1.82, 2.24) is 25.5 Å². The van der Waals surface area contributed by atoms with Crippen LogP contribution < -0.4 is 5.32 Å². The van der Waals surface area contributed by atoms with Crippen LogP contribution in [0, 0.1) is 5.92 Å². The SMILES string of the molecule is CC(C)CNC(C)c1nnnn1C1CC1. The standard InChI is InChI=1S/C10H19N5/c1-7(2)6-11-8(3)10-12-13-14-15(10)9-4-5-9/h7-9,11H,4-6H2,1-3H3. The van der Waals surface area contributed by atoms with Crippen LogP contribution in [0.5, 0.6) is 0 Å². The van der Waals surface area contributed by atoms with Crippen molar-refractivity contribution in [3.63, 3.8) is 0 Å². The van der Waals surface area contributed by atoms with E-state index in [4.69, 9.17) is 0 Å². The molecule has 5 nitrogen and oxygen atoms in total. The van der Waals surface area contributed by atoms with Gasteiger partial charge in [-0.3, -0.25) is 0 Å². The maximum absolute atomic E-state index is 4.09. The van der Waals surface area contributed by atoms with Crippen molar-refractivity contribution in [3.8, 4) is 0 Å². The van der Waals surface area contributed by atoms with Gasteiger partial charge in [-0.25, -0.2) is 4.68 Å². The number of hydrogen-bond donors (Lipinski definition) is 1. The van der Waals surface area contributed by atoms with E-state index in [1.165, 1.54) is 12.8 Å². The molecule has 0 amide bonds. The summed E-state index contributed by atoms with van der Waals surface area (Å²) < 4.78 is 1.97. The molecule has 1 N–H and O–H groups in total. The minimum absolute atomic E-state index is 0.239. The van der Waals surface area contributed by atoms with E-state index < -0.39 is 0 Å². The van der Waals surface area contributed by atoms with Gasteiger partial charge in [-0.2, -0.15) is 0 Å². The Morgan fingerprint density at radius 3 is 2.73 bits per heavy atom. The molecular formula is C10H19N5. The van der Waals surface area contributed by atoms with E-state index >= 15 is 0 Å². The monoisotopic (exact) mass is 209 g/mol. The highest BCUT2D eigenvalue weighted by Gasteiger charge is 2.29. The predicted molar refractivity (Wildman–Crippen MR) is 57.3 cm³/mol. The van der Waals surface area contributed by atoms with Crippen molar-refractivity contribution in [2.24, 2.45) is 5.92 Å². The largest absolute Gasteiger partial charge is 0.307 e. The van der Waals surface area contributed by atoms with E-state index in [-0.39, 0.29) is 6.04 Å². The number of nitrogens with one attached hydrogen (secondary N) is 1. The molecule has 15 heavy (non-hydrogen) atoms. The molecule has 2 rings (SSSR count). The van der Waals surface area contributed by atoms with Gasteiger partial charge in [-0.05, 0) is 42.7 Å². The van der Waals surface area contributed by atoms with E-state index in [9.17, 15) is 0 Å².